The van der Waals surface area contributed by atoms with Gasteiger partial charge in [0.1, 0.15) is 11.4 Å². The van der Waals surface area contributed by atoms with E-state index >= 15 is 0 Å². The normalized spacial score (nSPS) is 10.4. The molecule has 0 fully saturated rings. The number of benzene rings is 1. The van der Waals surface area contributed by atoms with Crippen LogP contribution in [0.15, 0.2) is 18.3 Å². The minimum Gasteiger partial charge on any atom is -0.504 e. The van der Waals surface area contributed by atoms with E-state index in [4.69, 9.17) is 15.6 Å². The van der Waals surface area contributed by atoms with Gasteiger partial charge in [0.25, 0.3) is 0 Å². The van der Waals surface area contributed by atoms with Crippen LogP contribution in [-0.2, 0) is 7.05 Å². The lowest BCUT2D eigenvalue weighted by Gasteiger charge is -2.09. The number of methoxy groups -OCH3 is 1. The molecule has 0 unspecified atom stereocenters. The number of hydrogen-bond donors (Lipinski definition) is 3. The molecule has 4 N–H and O–H groups in total. The SMILES string of the molecule is COc1cc(-c2cnn(C)c2N)cc(C(=O)O)c1O. The van der Waals surface area contributed by atoms with Gasteiger partial charge in [-0.1, -0.05) is 0 Å². The molecule has 19 heavy (non-hydrogen) atoms. The first-order valence-electron chi connectivity index (χ1n) is 5.37. The van der Waals surface area contributed by atoms with Crippen LogP contribution in [0, 0.1) is 0 Å². The average Bonchev–Trinajstić information content (AvgIpc) is 2.70. The molecule has 100 valence electrons. The first kappa shape index (κ1) is 12.7. The maximum absolute atomic E-state index is 11.1. The van der Waals surface area contributed by atoms with Crippen LogP contribution in [0.25, 0.3) is 11.1 Å². The van der Waals surface area contributed by atoms with E-state index in [-0.39, 0.29) is 11.3 Å². The zero-order valence-corrected chi connectivity index (χ0v) is 10.4. The van der Waals surface area contributed by atoms with Crippen LogP contribution in [0.4, 0.5) is 5.82 Å². The summed E-state index contributed by atoms with van der Waals surface area (Å²) in [4.78, 5) is 11.1. The number of rotatable bonds is 3. The molecule has 0 radical (unpaired) electrons. The molecule has 0 spiro atoms. The molecule has 0 aliphatic heterocycles. The van der Waals surface area contributed by atoms with E-state index in [1.165, 1.54) is 30.1 Å². The number of anilines is 1. The first-order valence-corrected chi connectivity index (χ1v) is 5.37. The van der Waals surface area contributed by atoms with Crippen molar-refractivity contribution in [2.75, 3.05) is 12.8 Å². The Balaban J connectivity index is 2.68. The highest BCUT2D eigenvalue weighted by molar-refractivity contribution is 5.94. The lowest BCUT2D eigenvalue weighted by molar-refractivity contribution is 0.0693. The second kappa shape index (κ2) is 4.52. The van der Waals surface area contributed by atoms with Crippen molar-refractivity contribution in [3.05, 3.63) is 23.9 Å². The summed E-state index contributed by atoms with van der Waals surface area (Å²) in [6, 6.07) is 2.84. The van der Waals surface area contributed by atoms with Crippen molar-refractivity contribution in [1.29, 1.82) is 0 Å². The predicted molar refractivity (Wildman–Crippen MR) is 68.2 cm³/mol. The highest BCUT2D eigenvalue weighted by Gasteiger charge is 2.18. The van der Waals surface area contributed by atoms with Crippen molar-refractivity contribution >= 4 is 11.8 Å². The standard InChI is InChI=1S/C12H13N3O4/c1-15-11(13)8(5-14-15)6-3-7(12(17)18)10(16)9(4-6)19-2/h3-5,16H,13H2,1-2H3,(H,17,18). The molecule has 2 aromatic rings. The molecule has 7 heteroatoms. The van der Waals surface area contributed by atoms with Gasteiger partial charge in [-0.25, -0.2) is 4.79 Å². The molecule has 2 rings (SSSR count). The minimum atomic E-state index is -1.25. The molecule has 0 bridgehead atoms. The zero-order chi connectivity index (χ0) is 14.2. The number of nitrogen functional groups attached to an aromatic ring is 1. The van der Waals surface area contributed by atoms with E-state index in [9.17, 15) is 9.90 Å². The minimum absolute atomic E-state index is 0.0677. The van der Waals surface area contributed by atoms with Gasteiger partial charge >= 0.3 is 5.97 Å². The summed E-state index contributed by atoms with van der Waals surface area (Å²) >= 11 is 0. The molecule has 1 heterocycles. The number of aromatic nitrogens is 2. The fraction of sp³-hybridized carbons (Fsp3) is 0.167. The second-order valence-corrected chi connectivity index (χ2v) is 3.95. The van der Waals surface area contributed by atoms with Gasteiger partial charge in [-0.05, 0) is 17.7 Å². The topological polar surface area (TPSA) is 111 Å². The molecule has 1 aromatic heterocycles. The summed E-state index contributed by atoms with van der Waals surface area (Å²) in [6.07, 6.45) is 1.52. The third-order valence-corrected chi connectivity index (χ3v) is 2.82. The van der Waals surface area contributed by atoms with Crippen LogP contribution in [-0.4, -0.2) is 33.1 Å². The Labute approximate surface area is 108 Å². The van der Waals surface area contributed by atoms with Crippen LogP contribution in [0.2, 0.25) is 0 Å². The van der Waals surface area contributed by atoms with E-state index < -0.39 is 11.7 Å². The maximum Gasteiger partial charge on any atom is 0.339 e. The summed E-state index contributed by atoms with van der Waals surface area (Å²) in [5.74, 6) is -1.21. The summed E-state index contributed by atoms with van der Waals surface area (Å²) < 4.78 is 6.43. The van der Waals surface area contributed by atoms with Gasteiger partial charge in [-0.15, -0.1) is 0 Å². The van der Waals surface area contributed by atoms with Gasteiger partial charge in [0.15, 0.2) is 11.5 Å². The molecule has 0 amide bonds. The van der Waals surface area contributed by atoms with Crippen molar-refractivity contribution in [3.63, 3.8) is 0 Å². The van der Waals surface area contributed by atoms with Crippen LogP contribution in [0.1, 0.15) is 10.4 Å². The van der Waals surface area contributed by atoms with Crippen molar-refractivity contribution in [3.8, 4) is 22.6 Å². The van der Waals surface area contributed by atoms with Gasteiger partial charge in [0, 0.05) is 12.6 Å². The van der Waals surface area contributed by atoms with Gasteiger partial charge < -0.3 is 20.7 Å². The van der Waals surface area contributed by atoms with E-state index in [2.05, 4.69) is 5.10 Å². The Morgan fingerprint density at radius 2 is 2.16 bits per heavy atom. The number of carbonyl (C=O) groups is 1. The molecule has 1 aromatic carbocycles. The number of aryl methyl sites for hydroxylation is 1. The highest BCUT2D eigenvalue weighted by atomic mass is 16.5. The second-order valence-electron chi connectivity index (χ2n) is 3.95. The summed E-state index contributed by atoms with van der Waals surface area (Å²) in [5.41, 5.74) is 6.67. The molecule has 0 saturated heterocycles. The van der Waals surface area contributed by atoms with Gasteiger partial charge in [-0.2, -0.15) is 5.10 Å². The number of nitrogens with zero attached hydrogens (tertiary/aromatic N) is 2. The molecule has 0 saturated carbocycles. The molecule has 0 aliphatic carbocycles. The number of phenols is 1. The number of hydrogen-bond acceptors (Lipinski definition) is 5. The monoisotopic (exact) mass is 263 g/mol. The Hall–Kier alpha value is -2.70. The van der Waals surface area contributed by atoms with Crippen molar-refractivity contribution < 1.29 is 19.7 Å². The number of aromatic hydroxyl groups is 1. The quantitative estimate of drug-likeness (QED) is 0.764. The van der Waals surface area contributed by atoms with Gasteiger partial charge in [-0.3, -0.25) is 4.68 Å². The Morgan fingerprint density at radius 1 is 1.47 bits per heavy atom. The van der Waals surface area contributed by atoms with Crippen molar-refractivity contribution in [2.45, 2.75) is 0 Å². The van der Waals surface area contributed by atoms with E-state index in [0.717, 1.165) is 0 Å². The third-order valence-electron chi connectivity index (χ3n) is 2.82. The maximum atomic E-state index is 11.1. The van der Waals surface area contributed by atoms with E-state index in [1.54, 1.807) is 7.05 Å². The Morgan fingerprint density at radius 3 is 2.63 bits per heavy atom. The summed E-state index contributed by atoms with van der Waals surface area (Å²) in [5, 5.41) is 22.8. The van der Waals surface area contributed by atoms with Gasteiger partial charge in [0.2, 0.25) is 0 Å². The first-order chi connectivity index (χ1) is 8.95. The number of carboxylic acid groups (broad SMARTS) is 1. The fourth-order valence-electron chi connectivity index (χ4n) is 1.75. The lowest BCUT2D eigenvalue weighted by Crippen LogP contribution is -2.01. The van der Waals surface area contributed by atoms with Crippen LogP contribution in [0.3, 0.4) is 0 Å². The molecular formula is C12H13N3O4. The lowest BCUT2D eigenvalue weighted by atomic mass is 10.0. The van der Waals surface area contributed by atoms with Gasteiger partial charge in [0.05, 0.1) is 13.3 Å². The zero-order valence-electron chi connectivity index (χ0n) is 10.4. The van der Waals surface area contributed by atoms with E-state index in [0.29, 0.717) is 16.9 Å². The average molecular weight is 263 g/mol. The predicted octanol–water partition coefficient (Wildman–Crippen LogP) is 1.08. The van der Waals surface area contributed by atoms with E-state index in [1.807, 2.05) is 0 Å². The number of aromatic carboxylic acids is 1. The molecular weight excluding hydrogens is 250 g/mol. The Kier molecular flexibility index (Phi) is 3.04. The largest absolute Gasteiger partial charge is 0.504 e. The smallest absolute Gasteiger partial charge is 0.339 e. The summed E-state index contributed by atoms with van der Waals surface area (Å²) in [6.45, 7) is 0. The Bertz CT molecular complexity index is 649. The van der Waals surface area contributed by atoms with Crippen LogP contribution < -0.4 is 10.5 Å². The summed E-state index contributed by atoms with van der Waals surface area (Å²) in [7, 11) is 3.02. The highest BCUT2D eigenvalue weighted by Crippen LogP contribution is 2.36. The number of carboxylic acids is 1. The van der Waals surface area contributed by atoms with Crippen molar-refractivity contribution in [2.24, 2.45) is 7.05 Å². The molecule has 0 atom stereocenters. The molecule has 7 nitrogen and oxygen atoms in total. The molecule has 0 aliphatic rings. The third kappa shape index (κ3) is 2.05. The fourth-order valence-corrected chi connectivity index (χ4v) is 1.75. The van der Waals surface area contributed by atoms with Crippen molar-refractivity contribution in [1.82, 2.24) is 9.78 Å². The number of nitrogens with two attached hydrogens (primary N) is 1. The van der Waals surface area contributed by atoms with Crippen LogP contribution in [0.5, 0.6) is 11.5 Å². The number of ether oxygens (including phenoxy) is 1. The van der Waals surface area contributed by atoms with Crippen LogP contribution >= 0.6 is 0 Å².